The molecular weight excluding hydrogens is 390 g/mol. The first kappa shape index (κ1) is 19.3. The highest BCUT2D eigenvalue weighted by atomic mass is 32.2. The molecule has 0 saturated heterocycles. The maximum Gasteiger partial charge on any atom is 0.233 e. The van der Waals surface area contributed by atoms with Crippen molar-refractivity contribution in [1.82, 2.24) is 24.6 Å². The lowest BCUT2D eigenvalue weighted by molar-refractivity contribution is -0.127. The van der Waals surface area contributed by atoms with Crippen LogP contribution >= 0.6 is 11.8 Å². The molecular formula is C20H21N5O3S. The van der Waals surface area contributed by atoms with Gasteiger partial charge in [0.05, 0.1) is 5.75 Å². The minimum absolute atomic E-state index is 0.0100. The minimum atomic E-state index is 0.0100. The normalized spacial score (nSPS) is 12.6. The average Bonchev–Trinajstić information content (AvgIpc) is 3.12. The second kappa shape index (κ2) is 8.52. The van der Waals surface area contributed by atoms with Crippen LogP contribution in [0.1, 0.15) is 5.56 Å². The molecule has 1 aromatic carbocycles. The zero-order valence-electron chi connectivity index (χ0n) is 16.2. The van der Waals surface area contributed by atoms with Crippen molar-refractivity contribution in [1.29, 1.82) is 0 Å². The van der Waals surface area contributed by atoms with E-state index in [9.17, 15) is 4.79 Å². The highest BCUT2D eigenvalue weighted by molar-refractivity contribution is 7.99. The van der Waals surface area contributed by atoms with E-state index in [4.69, 9.17) is 9.47 Å². The highest BCUT2D eigenvalue weighted by Gasteiger charge is 2.17. The summed E-state index contributed by atoms with van der Waals surface area (Å²) in [6.45, 7) is 1.60. The summed E-state index contributed by atoms with van der Waals surface area (Å²) in [4.78, 5) is 18.4. The van der Waals surface area contributed by atoms with Crippen LogP contribution in [0.4, 0.5) is 0 Å². The lowest BCUT2D eigenvalue weighted by atomic mass is 10.2. The Kier molecular flexibility index (Phi) is 5.66. The Hall–Kier alpha value is -3.07. The van der Waals surface area contributed by atoms with Gasteiger partial charge in [-0.2, -0.15) is 0 Å². The highest BCUT2D eigenvalue weighted by Crippen LogP contribution is 2.31. The molecule has 2 aromatic heterocycles. The maximum absolute atomic E-state index is 12.6. The van der Waals surface area contributed by atoms with Crippen molar-refractivity contribution in [3.05, 3.63) is 48.3 Å². The molecule has 0 unspecified atom stereocenters. The smallest absolute Gasteiger partial charge is 0.233 e. The molecule has 3 heterocycles. The van der Waals surface area contributed by atoms with Crippen molar-refractivity contribution >= 4 is 17.7 Å². The van der Waals surface area contributed by atoms with Crippen LogP contribution in [-0.4, -0.2) is 56.6 Å². The van der Waals surface area contributed by atoms with Gasteiger partial charge in [-0.3, -0.25) is 9.78 Å². The Morgan fingerprint density at radius 3 is 2.83 bits per heavy atom. The third-order valence-electron chi connectivity index (χ3n) is 4.53. The largest absolute Gasteiger partial charge is 0.486 e. The van der Waals surface area contributed by atoms with Gasteiger partial charge in [0.25, 0.3) is 0 Å². The first-order valence-corrected chi connectivity index (χ1v) is 10.2. The third-order valence-corrected chi connectivity index (χ3v) is 5.54. The summed E-state index contributed by atoms with van der Waals surface area (Å²) >= 11 is 1.37. The van der Waals surface area contributed by atoms with Crippen molar-refractivity contribution in [3.8, 4) is 22.9 Å². The molecule has 1 amide bonds. The van der Waals surface area contributed by atoms with Gasteiger partial charge >= 0.3 is 0 Å². The molecule has 0 bridgehead atoms. The number of carbonyl (C=O) groups excluding carboxylic acids is 1. The van der Waals surface area contributed by atoms with Crippen molar-refractivity contribution in [3.63, 3.8) is 0 Å². The monoisotopic (exact) mass is 411 g/mol. The number of thioether (sulfide) groups is 1. The van der Waals surface area contributed by atoms with Crippen LogP contribution < -0.4 is 9.47 Å². The molecule has 0 atom stereocenters. The van der Waals surface area contributed by atoms with Crippen LogP contribution in [0.2, 0.25) is 0 Å². The number of fused-ring (bicyclic) bond motifs is 1. The Balaban J connectivity index is 1.36. The van der Waals surface area contributed by atoms with Gasteiger partial charge in [-0.15, -0.1) is 10.2 Å². The van der Waals surface area contributed by atoms with E-state index < -0.39 is 0 Å². The Morgan fingerprint density at radius 2 is 2.03 bits per heavy atom. The van der Waals surface area contributed by atoms with Crippen molar-refractivity contribution in [2.24, 2.45) is 7.05 Å². The van der Waals surface area contributed by atoms with Crippen molar-refractivity contribution < 1.29 is 14.3 Å². The Bertz CT molecular complexity index is 1010. The molecule has 0 spiro atoms. The number of aromatic nitrogens is 4. The fourth-order valence-corrected chi connectivity index (χ4v) is 3.82. The summed E-state index contributed by atoms with van der Waals surface area (Å²) in [6.07, 6.45) is 3.45. The first-order valence-electron chi connectivity index (χ1n) is 9.17. The third kappa shape index (κ3) is 4.34. The van der Waals surface area contributed by atoms with Crippen LogP contribution in [-0.2, 0) is 18.4 Å². The number of amides is 1. The number of carbonyl (C=O) groups is 1. The fourth-order valence-electron chi connectivity index (χ4n) is 2.97. The van der Waals surface area contributed by atoms with Crippen molar-refractivity contribution in [2.45, 2.75) is 11.7 Å². The summed E-state index contributed by atoms with van der Waals surface area (Å²) in [7, 11) is 3.67. The predicted octanol–water partition coefficient (Wildman–Crippen LogP) is 2.40. The van der Waals surface area contributed by atoms with Gasteiger partial charge in [-0.1, -0.05) is 17.8 Å². The number of benzene rings is 1. The Morgan fingerprint density at radius 1 is 1.21 bits per heavy atom. The molecule has 29 heavy (non-hydrogen) atoms. The quantitative estimate of drug-likeness (QED) is 0.576. The zero-order valence-corrected chi connectivity index (χ0v) is 17.1. The molecule has 0 saturated carbocycles. The van der Waals surface area contributed by atoms with Gasteiger partial charge in [0.1, 0.15) is 13.2 Å². The van der Waals surface area contributed by atoms with Gasteiger partial charge in [-0.25, -0.2) is 0 Å². The van der Waals surface area contributed by atoms with E-state index in [2.05, 4.69) is 15.2 Å². The van der Waals surface area contributed by atoms with E-state index in [0.29, 0.717) is 24.9 Å². The molecule has 9 heteroatoms. The lowest BCUT2D eigenvalue weighted by Gasteiger charge is -2.21. The molecule has 0 radical (unpaired) electrons. The molecule has 1 aliphatic rings. The minimum Gasteiger partial charge on any atom is -0.486 e. The summed E-state index contributed by atoms with van der Waals surface area (Å²) in [5.41, 5.74) is 1.88. The summed E-state index contributed by atoms with van der Waals surface area (Å²) in [5, 5.41) is 9.11. The first-order chi connectivity index (χ1) is 14.1. The van der Waals surface area contributed by atoms with E-state index in [-0.39, 0.29) is 11.7 Å². The molecule has 0 aliphatic carbocycles. The average molecular weight is 411 g/mol. The van der Waals surface area contributed by atoms with E-state index in [1.165, 1.54) is 11.8 Å². The summed E-state index contributed by atoms with van der Waals surface area (Å²) < 4.78 is 13.0. The van der Waals surface area contributed by atoms with E-state index >= 15 is 0 Å². The second-order valence-electron chi connectivity index (χ2n) is 6.62. The predicted molar refractivity (Wildman–Crippen MR) is 109 cm³/mol. The lowest BCUT2D eigenvalue weighted by Crippen LogP contribution is -2.28. The SMILES string of the molecule is CN(Cc1ccc2c(c1)OCCO2)C(=O)CSc1nnc(-c2cccnc2)n1C. The molecule has 4 rings (SSSR count). The maximum atomic E-state index is 12.6. The summed E-state index contributed by atoms with van der Waals surface area (Å²) in [6, 6.07) is 9.54. The topological polar surface area (TPSA) is 82.4 Å². The number of rotatable bonds is 6. The van der Waals surface area contributed by atoms with Crippen molar-refractivity contribution in [2.75, 3.05) is 26.0 Å². The molecule has 3 aromatic rings. The Labute approximate surface area is 172 Å². The van der Waals surface area contributed by atoms with Gasteiger partial charge in [-0.05, 0) is 29.8 Å². The number of hydrogen-bond donors (Lipinski definition) is 0. The molecule has 0 fully saturated rings. The van der Waals surface area contributed by atoms with Crippen LogP contribution in [0.5, 0.6) is 11.5 Å². The standard InChI is InChI=1S/C20H21N5O3S/c1-24(12-14-5-6-16-17(10-14)28-9-8-27-16)18(26)13-29-20-23-22-19(25(20)2)15-4-3-7-21-11-15/h3-7,10-11H,8-9,12-13H2,1-2H3. The van der Waals surface area contributed by atoms with E-state index in [0.717, 1.165) is 28.5 Å². The number of hydrogen-bond acceptors (Lipinski definition) is 7. The summed E-state index contributed by atoms with van der Waals surface area (Å²) in [5.74, 6) is 2.48. The van der Waals surface area contributed by atoms with E-state index in [1.807, 2.05) is 41.9 Å². The number of pyridine rings is 1. The van der Waals surface area contributed by atoms with Gasteiger partial charge in [0, 0.05) is 38.6 Å². The van der Waals surface area contributed by atoms with Crippen LogP contribution in [0.25, 0.3) is 11.4 Å². The molecule has 0 N–H and O–H groups in total. The van der Waals surface area contributed by atoms with Gasteiger partial charge in [0.15, 0.2) is 22.5 Å². The molecule has 8 nitrogen and oxygen atoms in total. The fraction of sp³-hybridized carbons (Fsp3) is 0.300. The van der Waals surface area contributed by atoms with Crippen LogP contribution in [0.15, 0.2) is 47.9 Å². The van der Waals surface area contributed by atoms with E-state index in [1.54, 1.807) is 24.3 Å². The number of ether oxygens (including phenoxy) is 2. The van der Waals surface area contributed by atoms with Gasteiger partial charge in [0.2, 0.25) is 5.91 Å². The van der Waals surface area contributed by atoms with Crippen LogP contribution in [0, 0.1) is 0 Å². The second-order valence-corrected chi connectivity index (χ2v) is 7.57. The molecule has 150 valence electrons. The van der Waals surface area contributed by atoms with Gasteiger partial charge < -0.3 is 18.9 Å². The number of nitrogens with zero attached hydrogens (tertiary/aromatic N) is 5. The van der Waals surface area contributed by atoms with Crippen LogP contribution in [0.3, 0.4) is 0 Å². The zero-order chi connectivity index (χ0) is 20.2. The molecule has 1 aliphatic heterocycles.